The van der Waals surface area contributed by atoms with Crippen LogP contribution >= 0.6 is 0 Å². The predicted molar refractivity (Wildman–Crippen MR) is 116 cm³/mol. The summed E-state index contributed by atoms with van der Waals surface area (Å²) in [6, 6.07) is 9.44. The van der Waals surface area contributed by atoms with E-state index >= 15 is 0 Å². The normalized spacial score (nSPS) is 12.4. The first-order valence-electron chi connectivity index (χ1n) is 9.73. The van der Waals surface area contributed by atoms with Crippen molar-refractivity contribution in [2.45, 2.75) is 33.0 Å². The number of aromatic nitrogens is 4. The lowest BCUT2D eigenvalue weighted by Crippen LogP contribution is -2.44. The zero-order valence-electron chi connectivity index (χ0n) is 17.5. The highest BCUT2D eigenvalue weighted by atomic mass is 16.6. The van der Waals surface area contributed by atoms with Crippen LogP contribution in [0.1, 0.15) is 37.8 Å². The summed E-state index contributed by atoms with van der Waals surface area (Å²) in [6.07, 6.45) is 5.93. The fraction of sp³-hybridized carbons (Fsp3) is 0.286. The van der Waals surface area contributed by atoms with E-state index in [4.69, 9.17) is 4.74 Å². The summed E-state index contributed by atoms with van der Waals surface area (Å²) in [4.78, 5) is 36.7. The van der Waals surface area contributed by atoms with E-state index in [0.29, 0.717) is 12.0 Å². The second-order valence-electron chi connectivity index (χ2n) is 6.82. The van der Waals surface area contributed by atoms with E-state index in [1.807, 2.05) is 37.3 Å². The monoisotopic (exact) mass is 425 g/mol. The van der Waals surface area contributed by atoms with E-state index in [0.717, 1.165) is 10.3 Å². The summed E-state index contributed by atoms with van der Waals surface area (Å²) in [5.41, 5.74) is -0.893. The van der Waals surface area contributed by atoms with Gasteiger partial charge in [-0.05, 0) is 37.6 Å². The molecule has 0 aliphatic carbocycles. The van der Waals surface area contributed by atoms with E-state index in [9.17, 15) is 19.7 Å². The van der Waals surface area contributed by atoms with Gasteiger partial charge in [0.05, 0.1) is 16.8 Å². The lowest BCUT2D eigenvalue weighted by molar-refractivity contribution is -0.387. The van der Waals surface area contributed by atoms with Crippen LogP contribution in [0.15, 0.2) is 52.3 Å². The molecule has 0 bridgehead atoms. The van der Waals surface area contributed by atoms with E-state index in [2.05, 4.69) is 5.10 Å². The number of benzene rings is 1. The fourth-order valence-corrected chi connectivity index (χ4v) is 3.20. The standard InChI is InChI=1S/C21H23N5O5/c1-4-12-23-18(19(26(29)30)20(27)25(21(23)28)15(2)31-3)11-10-16-13-22-24(14-16)17-8-6-5-7-9-17/h5-11,13-15H,4,12H2,1-3H3. The van der Waals surface area contributed by atoms with Crippen LogP contribution < -0.4 is 11.2 Å². The molecule has 0 aliphatic heterocycles. The Morgan fingerprint density at radius 1 is 1.23 bits per heavy atom. The van der Waals surface area contributed by atoms with Crippen molar-refractivity contribution in [2.75, 3.05) is 7.11 Å². The van der Waals surface area contributed by atoms with Gasteiger partial charge in [0.25, 0.3) is 0 Å². The van der Waals surface area contributed by atoms with Gasteiger partial charge in [0.1, 0.15) is 11.9 Å². The predicted octanol–water partition coefficient (Wildman–Crippen LogP) is 2.85. The van der Waals surface area contributed by atoms with Crippen molar-refractivity contribution in [1.82, 2.24) is 18.9 Å². The molecule has 1 unspecified atom stereocenters. The molecule has 0 saturated carbocycles. The Morgan fingerprint density at radius 2 is 1.94 bits per heavy atom. The maximum Gasteiger partial charge on any atom is 0.357 e. The van der Waals surface area contributed by atoms with Gasteiger partial charge in [-0.3, -0.25) is 19.5 Å². The van der Waals surface area contributed by atoms with E-state index in [-0.39, 0.29) is 12.2 Å². The molecule has 0 aliphatic rings. The molecule has 162 valence electrons. The first kappa shape index (κ1) is 21.9. The number of hydrogen-bond acceptors (Lipinski definition) is 6. The molecular formula is C21H23N5O5. The Labute approximate surface area is 177 Å². The van der Waals surface area contributed by atoms with Crippen LogP contribution in [0.25, 0.3) is 17.8 Å². The van der Waals surface area contributed by atoms with Gasteiger partial charge in [-0.2, -0.15) is 5.10 Å². The van der Waals surface area contributed by atoms with E-state index < -0.39 is 28.1 Å². The minimum atomic E-state index is -1.00. The maximum absolute atomic E-state index is 12.9. The van der Waals surface area contributed by atoms with Crippen molar-refractivity contribution in [3.05, 3.63) is 84.9 Å². The van der Waals surface area contributed by atoms with Crippen molar-refractivity contribution >= 4 is 17.8 Å². The summed E-state index contributed by atoms with van der Waals surface area (Å²) >= 11 is 0. The zero-order chi connectivity index (χ0) is 22.5. The second kappa shape index (κ2) is 9.35. The SMILES string of the molecule is CCCn1c(C=Cc2cnn(-c3ccccc3)c2)c([N+](=O)[O-])c(=O)n(C(C)OC)c1=O. The number of methoxy groups -OCH3 is 1. The average molecular weight is 425 g/mol. The van der Waals surface area contributed by atoms with Crippen LogP contribution in [0.3, 0.4) is 0 Å². The molecule has 2 aromatic heterocycles. The topological polar surface area (TPSA) is 114 Å². The third-order valence-corrected chi connectivity index (χ3v) is 4.78. The Bertz CT molecular complexity index is 1220. The lowest BCUT2D eigenvalue weighted by Gasteiger charge is -2.16. The minimum absolute atomic E-state index is 0.0612. The highest BCUT2D eigenvalue weighted by Crippen LogP contribution is 2.18. The van der Waals surface area contributed by atoms with Gasteiger partial charge in [0, 0.05) is 25.4 Å². The minimum Gasteiger partial charge on any atom is -0.361 e. The molecule has 0 spiro atoms. The number of nitrogens with zero attached hydrogens (tertiary/aromatic N) is 5. The number of nitro groups is 1. The van der Waals surface area contributed by atoms with Crippen LogP contribution in [-0.4, -0.2) is 30.9 Å². The lowest BCUT2D eigenvalue weighted by atomic mass is 10.2. The van der Waals surface area contributed by atoms with Crippen LogP contribution in [0.4, 0.5) is 5.69 Å². The molecular weight excluding hydrogens is 402 g/mol. The van der Waals surface area contributed by atoms with Gasteiger partial charge in [-0.1, -0.05) is 25.1 Å². The van der Waals surface area contributed by atoms with Gasteiger partial charge in [-0.25, -0.2) is 14.0 Å². The van der Waals surface area contributed by atoms with Crippen LogP contribution in [-0.2, 0) is 11.3 Å². The van der Waals surface area contributed by atoms with Gasteiger partial charge in [-0.15, -0.1) is 0 Å². The van der Waals surface area contributed by atoms with Gasteiger partial charge < -0.3 is 4.74 Å². The van der Waals surface area contributed by atoms with E-state index in [1.165, 1.54) is 24.7 Å². The quantitative estimate of drug-likeness (QED) is 0.405. The third-order valence-electron chi connectivity index (χ3n) is 4.78. The van der Waals surface area contributed by atoms with Crippen molar-refractivity contribution in [1.29, 1.82) is 0 Å². The molecule has 3 aromatic rings. The van der Waals surface area contributed by atoms with Gasteiger partial charge in [0.2, 0.25) is 0 Å². The number of hydrogen-bond donors (Lipinski definition) is 0. The molecule has 0 fully saturated rings. The highest BCUT2D eigenvalue weighted by Gasteiger charge is 2.28. The molecule has 0 radical (unpaired) electrons. The summed E-state index contributed by atoms with van der Waals surface area (Å²) < 4.78 is 8.73. The Balaban J connectivity index is 2.14. The van der Waals surface area contributed by atoms with Crippen LogP contribution in [0.5, 0.6) is 0 Å². The molecule has 0 N–H and O–H groups in total. The fourth-order valence-electron chi connectivity index (χ4n) is 3.20. The Hall–Kier alpha value is -3.79. The van der Waals surface area contributed by atoms with Crippen molar-refractivity contribution in [2.24, 2.45) is 0 Å². The first-order chi connectivity index (χ1) is 14.9. The molecule has 3 rings (SSSR count). The summed E-state index contributed by atoms with van der Waals surface area (Å²) in [6.45, 7) is 3.53. The average Bonchev–Trinajstić information content (AvgIpc) is 3.23. The Kier molecular flexibility index (Phi) is 6.61. The number of ether oxygens (including phenoxy) is 1. The molecule has 2 heterocycles. The Morgan fingerprint density at radius 3 is 2.55 bits per heavy atom. The van der Waals surface area contributed by atoms with Crippen LogP contribution in [0.2, 0.25) is 0 Å². The molecule has 10 nitrogen and oxygen atoms in total. The largest absolute Gasteiger partial charge is 0.361 e. The smallest absolute Gasteiger partial charge is 0.357 e. The third kappa shape index (κ3) is 4.38. The molecule has 1 aromatic carbocycles. The van der Waals surface area contributed by atoms with E-state index in [1.54, 1.807) is 23.2 Å². The van der Waals surface area contributed by atoms with Crippen molar-refractivity contribution < 1.29 is 9.66 Å². The summed E-state index contributed by atoms with van der Waals surface area (Å²) in [7, 11) is 1.32. The zero-order valence-corrected chi connectivity index (χ0v) is 17.5. The number of para-hydroxylation sites is 1. The van der Waals surface area contributed by atoms with Gasteiger partial charge in [0.15, 0.2) is 0 Å². The van der Waals surface area contributed by atoms with Gasteiger partial charge >= 0.3 is 16.9 Å². The molecule has 0 saturated heterocycles. The summed E-state index contributed by atoms with van der Waals surface area (Å²) in [5, 5.41) is 16.0. The van der Waals surface area contributed by atoms with Crippen LogP contribution in [0, 0.1) is 10.1 Å². The number of rotatable bonds is 8. The van der Waals surface area contributed by atoms with Crippen molar-refractivity contribution in [3.63, 3.8) is 0 Å². The molecule has 0 amide bonds. The highest BCUT2D eigenvalue weighted by molar-refractivity contribution is 5.71. The molecule has 1 atom stereocenters. The summed E-state index contributed by atoms with van der Waals surface area (Å²) in [5.74, 6) is 0. The first-order valence-corrected chi connectivity index (χ1v) is 9.73. The molecule has 31 heavy (non-hydrogen) atoms. The second-order valence-corrected chi connectivity index (χ2v) is 6.82. The van der Waals surface area contributed by atoms with Crippen molar-refractivity contribution in [3.8, 4) is 5.69 Å². The maximum atomic E-state index is 12.9. The molecule has 10 heteroatoms.